The number of nitrogens with zero attached hydrogens (tertiary/aromatic N) is 5. The summed E-state index contributed by atoms with van der Waals surface area (Å²) in [5.74, 6) is 6.24. The molecule has 2 aromatic rings. The number of aliphatic imine (C=N–C) groups is 2. The number of anilines is 1. The van der Waals surface area contributed by atoms with Gasteiger partial charge in [-0.1, -0.05) is 11.8 Å². The topological polar surface area (TPSA) is 98.5 Å². The van der Waals surface area contributed by atoms with E-state index in [-0.39, 0.29) is 29.8 Å². The lowest BCUT2D eigenvalue weighted by Crippen LogP contribution is -2.48. The molecule has 0 radical (unpaired) electrons. The molecule has 1 unspecified atom stereocenters. The summed E-state index contributed by atoms with van der Waals surface area (Å²) in [4.78, 5) is 14.4. The number of aliphatic hydroxyl groups excluding tert-OH is 1. The average molecular weight is 464 g/mol. The molecule has 0 spiro atoms. The highest BCUT2D eigenvalue weighted by Gasteiger charge is 2.51. The first-order chi connectivity index (χ1) is 15.9. The minimum absolute atomic E-state index is 0.0489. The van der Waals surface area contributed by atoms with Gasteiger partial charge in [-0.15, -0.1) is 0 Å². The SMILES string of the molecule is CC1C=NC(S(=O)(=O)N2CC[C@@H]3[C@H](CO)N(C)c4ccc(C#Cc5cccnc5)cc4[C@@H]32)=N1. The van der Waals surface area contributed by atoms with Crippen LogP contribution in [0.4, 0.5) is 5.69 Å². The van der Waals surface area contributed by atoms with E-state index in [1.165, 1.54) is 4.31 Å². The van der Waals surface area contributed by atoms with E-state index in [2.05, 4.69) is 31.7 Å². The number of aromatic nitrogens is 1. The summed E-state index contributed by atoms with van der Waals surface area (Å²) in [5, 5.41) is 10.0. The molecule has 5 rings (SSSR count). The molecule has 4 atom stereocenters. The maximum absolute atomic E-state index is 13.5. The van der Waals surface area contributed by atoms with Crippen molar-refractivity contribution in [2.45, 2.75) is 31.5 Å². The van der Waals surface area contributed by atoms with Gasteiger partial charge in [0, 0.05) is 54.9 Å². The predicted molar refractivity (Wildman–Crippen MR) is 128 cm³/mol. The molecule has 9 heteroatoms. The van der Waals surface area contributed by atoms with Gasteiger partial charge in [0.05, 0.1) is 24.7 Å². The summed E-state index contributed by atoms with van der Waals surface area (Å²) in [6.07, 6.45) is 5.60. The molecule has 1 N–H and O–H groups in total. The molecule has 0 amide bonds. The van der Waals surface area contributed by atoms with E-state index in [9.17, 15) is 13.5 Å². The van der Waals surface area contributed by atoms with Crippen LogP contribution in [0.25, 0.3) is 0 Å². The molecule has 3 aliphatic heterocycles. The molecule has 170 valence electrons. The molecule has 1 saturated heterocycles. The van der Waals surface area contributed by atoms with Gasteiger partial charge in [0.2, 0.25) is 0 Å². The lowest BCUT2D eigenvalue weighted by atomic mass is 9.82. The van der Waals surface area contributed by atoms with Gasteiger partial charge >= 0.3 is 0 Å². The van der Waals surface area contributed by atoms with Crippen LogP contribution in [0.15, 0.2) is 52.7 Å². The quantitative estimate of drug-likeness (QED) is 0.685. The van der Waals surface area contributed by atoms with Crippen molar-refractivity contribution in [2.75, 3.05) is 25.1 Å². The van der Waals surface area contributed by atoms with Gasteiger partial charge in [-0.05, 0) is 49.2 Å². The number of pyridine rings is 1. The third kappa shape index (κ3) is 3.74. The summed E-state index contributed by atoms with van der Waals surface area (Å²) >= 11 is 0. The molecule has 1 aromatic heterocycles. The first-order valence-corrected chi connectivity index (χ1v) is 12.4. The van der Waals surface area contributed by atoms with Gasteiger partial charge < -0.3 is 10.0 Å². The Bertz CT molecular complexity index is 1300. The standard InChI is InChI=1S/C24H25N5O3S/c1-16-13-26-24(27-16)33(31,32)29-11-9-19-22(15-30)28(2)21-8-7-17(12-20(21)23(19)29)5-6-18-4-3-10-25-14-18/h3-4,7-8,10,12-14,16,19,22-23,30H,9,11,15H2,1-2H3/t16?,19-,22+,23-/m1/s1. The molecule has 3 aliphatic rings. The molecular weight excluding hydrogens is 438 g/mol. The zero-order valence-electron chi connectivity index (χ0n) is 18.5. The van der Waals surface area contributed by atoms with Crippen LogP contribution in [0.3, 0.4) is 0 Å². The van der Waals surface area contributed by atoms with Crippen molar-refractivity contribution in [1.82, 2.24) is 9.29 Å². The van der Waals surface area contributed by atoms with E-state index in [0.29, 0.717) is 13.0 Å². The molecule has 0 saturated carbocycles. The Labute approximate surface area is 193 Å². The first kappa shape index (κ1) is 21.8. The van der Waals surface area contributed by atoms with Gasteiger partial charge in [-0.25, -0.2) is 18.4 Å². The highest BCUT2D eigenvalue weighted by Crippen LogP contribution is 2.49. The van der Waals surface area contributed by atoms with Crippen molar-refractivity contribution in [3.63, 3.8) is 0 Å². The normalized spacial score (nSPS) is 26.4. The number of hydrogen-bond donors (Lipinski definition) is 1. The van der Waals surface area contributed by atoms with Gasteiger partial charge in [-0.3, -0.25) is 4.98 Å². The second kappa shape index (κ2) is 8.37. The molecule has 4 heterocycles. The molecule has 8 nitrogen and oxygen atoms in total. The van der Waals surface area contributed by atoms with Crippen molar-refractivity contribution < 1.29 is 13.5 Å². The summed E-state index contributed by atoms with van der Waals surface area (Å²) in [6.45, 7) is 2.11. The van der Waals surface area contributed by atoms with E-state index < -0.39 is 16.1 Å². The smallest absolute Gasteiger partial charge is 0.278 e. The Morgan fingerprint density at radius 1 is 1.21 bits per heavy atom. The summed E-state index contributed by atoms with van der Waals surface area (Å²) in [5.41, 5.74) is 3.39. The van der Waals surface area contributed by atoms with Crippen LogP contribution in [-0.4, -0.2) is 66.5 Å². The van der Waals surface area contributed by atoms with Crippen molar-refractivity contribution in [2.24, 2.45) is 15.9 Å². The fourth-order valence-electron chi connectivity index (χ4n) is 4.99. The first-order valence-electron chi connectivity index (χ1n) is 10.9. The molecular formula is C24H25N5O3S. The fourth-order valence-corrected chi connectivity index (χ4v) is 6.61. The zero-order chi connectivity index (χ0) is 23.2. The molecule has 0 aliphatic carbocycles. The summed E-state index contributed by atoms with van der Waals surface area (Å²) in [7, 11) is -1.92. The van der Waals surface area contributed by atoms with Gasteiger partial charge in [0.15, 0.2) is 0 Å². The van der Waals surface area contributed by atoms with E-state index in [1.807, 2.05) is 37.4 Å². The number of aliphatic hydroxyl groups is 1. The number of amidine groups is 1. The molecule has 33 heavy (non-hydrogen) atoms. The van der Waals surface area contributed by atoms with Crippen molar-refractivity contribution in [3.05, 3.63) is 59.4 Å². The van der Waals surface area contributed by atoms with E-state index in [4.69, 9.17) is 0 Å². The highest BCUT2D eigenvalue weighted by molar-refractivity contribution is 8.04. The maximum Gasteiger partial charge on any atom is 0.278 e. The largest absolute Gasteiger partial charge is 0.394 e. The Hall–Kier alpha value is -3.06. The minimum atomic E-state index is -3.86. The van der Waals surface area contributed by atoms with Crippen LogP contribution < -0.4 is 4.90 Å². The number of sulfonamides is 1. The van der Waals surface area contributed by atoms with Gasteiger partial charge in [0.1, 0.15) is 0 Å². The maximum atomic E-state index is 13.5. The Morgan fingerprint density at radius 3 is 2.73 bits per heavy atom. The molecule has 1 fully saturated rings. The third-order valence-electron chi connectivity index (χ3n) is 6.57. The Balaban J connectivity index is 1.58. The van der Waals surface area contributed by atoms with Gasteiger partial charge in [-0.2, -0.15) is 4.31 Å². The van der Waals surface area contributed by atoms with E-state index in [1.54, 1.807) is 25.5 Å². The van der Waals surface area contributed by atoms with Crippen LogP contribution in [0.2, 0.25) is 0 Å². The number of likely N-dealkylation sites (N-methyl/N-ethyl adjacent to an activating group) is 1. The summed E-state index contributed by atoms with van der Waals surface area (Å²) in [6, 6.07) is 8.74. The van der Waals surface area contributed by atoms with Crippen molar-refractivity contribution >= 4 is 27.1 Å². The predicted octanol–water partition coefficient (Wildman–Crippen LogP) is 1.81. The highest BCUT2D eigenvalue weighted by atomic mass is 32.2. The minimum Gasteiger partial charge on any atom is -0.394 e. The number of rotatable bonds is 2. The lowest BCUT2D eigenvalue weighted by molar-refractivity contribution is 0.193. The zero-order valence-corrected chi connectivity index (χ0v) is 19.3. The number of hydrogen-bond acceptors (Lipinski definition) is 7. The average Bonchev–Trinajstić information content (AvgIpc) is 3.46. The lowest BCUT2D eigenvalue weighted by Gasteiger charge is -2.44. The second-order valence-corrected chi connectivity index (χ2v) is 10.4. The van der Waals surface area contributed by atoms with E-state index in [0.717, 1.165) is 22.4 Å². The van der Waals surface area contributed by atoms with Crippen LogP contribution >= 0.6 is 0 Å². The molecule has 0 bridgehead atoms. The van der Waals surface area contributed by atoms with Crippen LogP contribution in [-0.2, 0) is 10.0 Å². The van der Waals surface area contributed by atoms with Crippen LogP contribution in [0, 0.1) is 17.8 Å². The molecule has 1 aromatic carbocycles. The number of benzene rings is 1. The van der Waals surface area contributed by atoms with Gasteiger partial charge in [0.25, 0.3) is 15.2 Å². The Morgan fingerprint density at radius 2 is 2.03 bits per heavy atom. The third-order valence-corrected chi connectivity index (χ3v) is 8.27. The van der Waals surface area contributed by atoms with Crippen LogP contribution in [0.5, 0.6) is 0 Å². The van der Waals surface area contributed by atoms with Crippen LogP contribution in [0.1, 0.15) is 36.1 Å². The van der Waals surface area contributed by atoms with E-state index >= 15 is 0 Å². The number of fused-ring (bicyclic) bond motifs is 3. The van der Waals surface area contributed by atoms with Crippen molar-refractivity contribution in [1.29, 1.82) is 0 Å². The fraction of sp³-hybridized carbons (Fsp3) is 0.375. The second-order valence-electron chi connectivity index (χ2n) is 8.57. The van der Waals surface area contributed by atoms with Crippen molar-refractivity contribution in [3.8, 4) is 11.8 Å². The monoisotopic (exact) mass is 463 g/mol. The summed E-state index contributed by atoms with van der Waals surface area (Å²) < 4.78 is 28.5. The Kier molecular flexibility index (Phi) is 5.52.